The summed E-state index contributed by atoms with van der Waals surface area (Å²) < 4.78 is 18.3. The third kappa shape index (κ3) is 4.89. The van der Waals surface area contributed by atoms with Crippen molar-refractivity contribution in [3.05, 3.63) is 65.5 Å². The SMILES string of the molecule is COc1ccc([C@@]2(C)NC(=O)N(CC(=O)N3CCCN(Cc4ccc(F)cc4)CC3)C2=O)cc1. The Morgan fingerprint density at radius 3 is 2.41 bits per heavy atom. The van der Waals surface area contributed by atoms with Gasteiger partial charge in [-0.2, -0.15) is 0 Å². The molecular weight excluding hydrogens is 439 g/mol. The first kappa shape index (κ1) is 23.7. The van der Waals surface area contributed by atoms with Gasteiger partial charge in [0, 0.05) is 32.7 Å². The van der Waals surface area contributed by atoms with Crippen LogP contribution in [0.4, 0.5) is 9.18 Å². The van der Waals surface area contributed by atoms with E-state index in [9.17, 15) is 18.8 Å². The lowest BCUT2D eigenvalue weighted by Crippen LogP contribution is -2.45. The molecule has 2 aliphatic rings. The second-order valence-electron chi connectivity index (χ2n) is 8.81. The molecule has 9 heteroatoms. The number of amides is 4. The molecule has 2 fully saturated rings. The Hall–Kier alpha value is -3.46. The summed E-state index contributed by atoms with van der Waals surface area (Å²) >= 11 is 0. The Balaban J connectivity index is 1.36. The maximum atomic E-state index is 13.2. The van der Waals surface area contributed by atoms with E-state index in [-0.39, 0.29) is 18.3 Å². The van der Waals surface area contributed by atoms with Gasteiger partial charge in [-0.05, 0) is 48.7 Å². The minimum absolute atomic E-state index is 0.258. The second kappa shape index (κ2) is 9.80. The van der Waals surface area contributed by atoms with Crippen LogP contribution in [0.15, 0.2) is 48.5 Å². The molecule has 2 aliphatic heterocycles. The molecule has 0 spiro atoms. The minimum atomic E-state index is -1.24. The molecular formula is C25H29FN4O4. The molecule has 4 rings (SSSR count). The number of hydrogen-bond donors (Lipinski definition) is 1. The highest BCUT2D eigenvalue weighted by molar-refractivity contribution is 6.09. The number of ether oxygens (including phenoxy) is 1. The zero-order valence-electron chi connectivity index (χ0n) is 19.4. The molecule has 2 heterocycles. The summed E-state index contributed by atoms with van der Waals surface area (Å²) in [5, 5.41) is 2.73. The highest BCUT2D eigenvalue weighted by Crippen LogP contribution is 2.30. The van der Waals surface area contributed by atoms with Crippen molar-refractivity contribution < 1.29 is 23.5 Å². The molecule has 2 aromatic rings. The molecule has 8 nitrogen and oxygen atoms in total. The lowest BCUT2D eigenvalue weighted by Gasteiger charge is -2.25. The average molecular weight is 469 g/mol. The first-order chi connectivity index (χ1) is 16.3. The van der Waals surface area contributed by atoms with Gasteiger partial charge >= 0.3 is 6.03 Å². The lowest BCUT2D eigenvalue weighted by molar-refractivity contribution is -0.138. The summed E-state index contributed by atoms with van der Waals surface area (Å²) in [5.74, 6) is -0.333. The van der Waals surface area contributed by atoms with E-state index in [2.05, 4.69) is 10.2 Å². The van der Waals surface area contributed by atoms with E-state index in [0.717, 1.165) is 23.4 Å². The largest absolute Gasteiger partial charge is 0.497 e. The summed E-state index contributed by atoms with van der Waals surface area (Å²) in [6, 6.07) is 12.7. The van der Waals surface area contributed by atoms with Crippen molar-refractivity contribution in [2.75, 3.05) is 39.8 Å². The van der Waals surface area contributed by atoms with Crippen molar-refractivity contribution in [1.29, 1.82) is 0 Å². The van der Waals surface area contributed by atoms with Crippen molar-refractivity contribution >= 4 is 17.8 Å². The van der Waals surface area contributed by atoms with E-state index >= 15 is 0 Å². The van der Waals surface area contributed by atoms with Crippen molar-refractivity contribution in [3.8, 4) is 5.75 Å². The van der Waals surface area contributed by atoms with Crippen molar-refractivity contribution in [2.45, 2.75) is 25.4 Å². The fourth-order valence-corrected chi connectivity index (χ4v) is 4.42. The monoisotopic (exact) mass is 468 g/mol. The summed E-state index contributed by atoms with van der Waals surface area (Å²) in [6.45, 7) is 4.53. The molecule has 0 unspecified atom stereocenters. The van der Waals surface area contributed by atoms with Crippen LogP contribution < -0.4 is 10.1 Å². The molecule has 0 radical (unpaired) electrons. The van der Waals surface area contributed by atoms with Gasteiger partial charge in [0.2, 0.25) is 5.91 Å². The van der Waals surface area contributed by atoms with Gasteiger partial charge in [0.1, 0.15) is 23.7 Å². The summed E-state index contributed by atoms with van der Waals surface area (Å²) in [6.07, 6.45) is 0.774. The molecule has 2 saturated heterocycles. The number of nitrogens with one attached hydrogen (secondary N) is 1. The molecule has 1 atom stereocenters. The first-order valence-corrected chi connectivity index (χ1v) is 11.3. The van der Waals surface area contributed by atoms with Gasteiger partial charge in [0.15, 0.2) is 0 Å². The fraction of sp³-hybridized carbons (Fsp3) is 0.400. The predicted octanol–water partition coefficient (Wildman–Crippen LogP) is 2.34. The lowest BCUT2D eigenvalue weighted by atomic mass is 9.92. The molecule has 0 bridgehead atoms. The number of nitrogens with zero attached hydrogens (tertiary/aromatic N) is 3. The number of benzene rings is 2. The number of methoxy groups -OCH3 is 1. The Kier molecular flexibility index (Phi) is 6.83. The highest BCUT2D eigenvalue weighted by atomic mass is 19.1. The van der Waals surface area contributed by atoms with Gasteiger partial charge in [-0.3, -0.25) is 19.4 Å². The summed E-state index contributed by atoms with van der Waals surface area (Å²) in [7, 11) is 1.55. The molecule has 0 aliphatic carbocycles. The van der Waals surface area contributed by atoms with E-state index in [0.29, 0.717) is 37.5 Å². The van der Waals surface area contributed by atoms with Crippen LogP contribution >= 0.6 is 0 Å². The van der Waals surface area contributed by atoms with Crippen molar-refractivity contribution in [3.63, 3.8) is 0 Å². The average Bonchev–Trinajstić information content (AvgIpc) is 2.99. The molecule has 34 heavy (non-hydrogen) atoms. The summed E-state index contributed by atoms with van der Waals surface area (Å²) in [4.78, 5) is 43.7. The molecule has 1 N–H and O–H groups in total. The van der Waals surface area contributed by atoms with Gasteiger partial charge in [0.05, 0.1) is 7.11 Å². The van der Waals surface area contributed by atoms with Gasteiger partial charge < -0.3 is 15.0 Å². The van der Waals surface area contributed by atoms with E-state index < -0.39 is 17.5 Å². The van der Waals surface area contributed by atoms with Crippen LogP contribution in [0.25, 0.3) is 0 Å². The van der Waals surface area contributed by atoms with Gasteiger partial charge in [-0.25, -0.2) is 9.18 Å². The molecule has 180 valence electrons. The van der Waals surface area contributed by atoms with Crippen LogP contribution in [0.1, 0.15) is 24.5 Å². The number of urea groups is 1. The second-order valence-corrected chi connectivity index (χ2v) is 8.81. The number of hydrogen-bond acceptors (Lipinski definition) is 5. The van der Waals surface area contributed by atoms with Crippen LogP contribution in [0.3, 0.4) is 0 Å². The Morgan fingerprint density at radius 2 is 1.74 bits per heavy atom. The summed E-state index contributed by atoms with van der Waals surface area (Å²) in [5.41, 5.74) is 0.389. The Labute approximate surface area is 198 Å². The molecule has 2 aromatic carbocycles. The predicted molar refractivity (Wildman–Crippen MR) is 123 cm³/mol. The number of halogens is 1. The third-order valence-electron chi connectivity index (χ3n) is 6.50. The quantitative estimate of drug-likeness (QED) is 0.659. The van der Waals surface area contributed by atoms with Crippen LogP contribution in [-0.2, 0) is 21.7 Å². The van der Waals surface area contributed by atoms with Crippen LogP contribution in [-0.4, -0.2) is 72.4 Å². The Bertz CT molecular complexity index is 1060. The smallest absolute Gasteiger partial charge is 0.325 e. The van der Waals surface area contributed by atoms with Crippen LogP contribution in [0.2, 0.25) is 0 Å². The number of rotatable bonds is 6. The molecule has 0 aromatic heterocycles. The molecule has 0 saturated carbocycles. The number of imide groups is 1. The first-order valence-electron chi connectivity index (χ1n) is 11.3. The maximum absolute atomic E-state index is 13.2. The van der Waals surface area contributed by atoms with Crippen LogP contribution in [0, 0.1) is 5.82 Å². The Morgan fingerprint density at radius 1 is 1.03 bits per heavy atom. The number of carbonyl (C=O) groups is 3. The van der Waals surface area contributed by atoms with Crippen LogP contribution in [0.5, 0.6) is 5.75 Å². The maximum Gasteiger partial charge on any atom is 0.325 e. The number of carbonyl (C=O) groups excluding carboxylic acids is 3. The van der Waals surface area contributed by atoms with E-state index in [1.54, 1.807) is 55.3 Å². The highest BCUT2D eigenvalue weighted by Gasteiger charge is 2.49. The van der Waals surface area contributed by atoms with Gasteiger partial charge in [0.25, 0.3) is 5.91 Å². The minimum Gasteiger partial charge on any atom is -0.497 e. The topological polar surface area (TPSA) is 82.2 Å². The normalized spacial score (nSPS) is 21.4. The van der Waals surface area contributed by atoms with Crippen molar-refractivity contribution in [2.24, 2.45) is 0 Å². The van der Waals surface area contributed by atoms with Gasteiger partial charge in [-0.1, -0.05) is 24.3 Å². The van der Waals surface area contributed by atoms with Crippen molar-refractivity contribution in [1.82, 2.24) is 20.0 Å². The standard InChI is InChI=1S/C25H29FN4O4/c1-25(19-6-10-21(34-2)11-7-19)23(32)30(24(33)27-25)17-22(31)29-13-3-12-28(14-15-29)16-18-4-8-20(26)9-5-18/h4-11H,3,12-17H2,1-2H3,(H,27,33)/t25-/m1/s1. The zero-order valence-corrected chi connectivity index (χ0v) is 19.4. The third-order valence-corrected chi connectivity index (χ3v) is 6.50. The fourth-order valence-electron chi connectivity index (χ4n) is 4.42. The van der Waals surface area contributed by atoms with Gasteiger partial charge in [-0.15, -0.1) is 0 Å². The zero-order chi connectivity index (χ0) is 24.3. The van der Waals surface area contributed by atoms with E-state index in [1.807, 2.05) is 0 Å². The van der Waals surface area contributed by atoms with E-state index in [4.69, 9.17) is 4.74 Å². The van der Waals surface area contributed by atoms with E-state index in [1.165, 1.54) is 12.1 Å². The molecule has 4 amide bonds.